The molecule has 0 spiro atoms. The molecule has 0 unspecified atom stereocenters. The molecule has 0 aliphatic heterocycles. The highest BCUT2D eigenvalue weighted by Crippen LogP contribution is 2.19. The minimum absolute atomic E-state index is 0.146. The van der Waals surface area contributed by atoms with E-state index in [2.05, 4.69) is 33.9 Å². The number of para-hydroxylation sites is 3. The van der Waals surface area contributed by atoms with Gasteiger partial charge in [-0.05, 0) is 55.7 Å². The number of fused-ring (bicyclic) bond motifs is 1. The van der Waals surface area contributed by atoms with E-state index >= 15 is 0 Å². The number of aromatic nitrogens is 3. The molecule has 32 heavy (non-hydrogen) atoms. The van der Waals surface area contributed by atoms with Crippen LogP contribution >= 0.6 is 0 Å². The summed E-state index contributed by atoms with van der Waals surface area (Å²) >= 11 is 0. The van der Waals surface area contributed by atoms with Gasteiger partial charge in [0.05, 0.1) is 17.6 Å². The van der Waals surface area contributed by atoms with Gasteiger partial charge in [-0.25, -0.2) is 4.98 Å². The Labute approximate surface area is 188 Å². The van der Waals surface area contributed by atoms with Gasteiger partial charge in [-0.1, -0.05) is 36.4 Å². The Morgan fingerprint density at radius 3 is 2.66 bits per heavy atom. The van der Waals surface area contributed by atoms with Crippen molar-refractivity contribution in [3.63, 3.8) is 0 Å². The molecule has 0 atom stereocenters. The number of benzene rings is 2. The third kappa shape index (κ3) is 5.32. The van der Waals surface area contributed by atoms with Crippen molar-refractivity contribution in [3.05, 3.63) is 90.0 Å². The van der Waals surface area contributed by atoms with E-state index in [1.165, 1.54) is 0 Å². The molecule has 0 saturated heterocycles. The summed E-state index contributed by atoms with van der Waals surface area (Å²) in [5.41, 5.74) is 3.72. The molecular weight excluding hydrogens is 400 g/mol. The number of nitrogens with one attached hydrogen (secondary N) is 1. The highest BCUT2D eigenvalue weighted by atomic mass is 16.5. The predicted molar refractivity (Wildman–Crippen MR) is 126 cm³/mol. The van der Waals surface area contributed by atoms with Crippen molar-refractivity contribution in [1.82, 2.24) is 19.9 Å². The number of hydrogen-bond donors (Lipinski definition) is 1. The summed E-state index contributed by atoms with van der Waals surface area (Å²) in [4.78, 5) is 21.1. The van der Waals surface area contributed by atoms with Crippen molar-refractivity contribution in [2.75, 3.05) is 13.2 Å². The zero-order chi connectivity index (χ0) is 22.2. The number of rotatable bonds is 10. The van der Waals surface area contributed by atoms with Crippen molar-refractivity contribution >= 4 is 16.9 Å². The Hall–Kier alpha value is -3.67. The molecule has 4 rings (SSSR count). The molecule has 0 fully saturated rings. The van der Waals surface area contributed by atoms with Crippen LogP contribution in [0.15, 0.2) is 72.9 Å². The van der Waals surface area contributed by atoms with Crippen molar-refractivity contribution in [2.45, 2.75) is 32.7 Å². The maximum absolute atomic E-state index is 12.2. The van der Waals surface area contributed by atoms with Crippen LogP contribution in [-0.2, 0) is 13.0 Å². The molecule has 2 heterocycles. The number of nitrogens with zero attached hydrogens (tertiary/aromatic N) is 3. The first-order chi connectivity index (χ1) is 15.7. The molecule has 0 aliphatic rings. The first-order valence-corrected chi connectivity index (χ1v) is 11.0. The summed E-state index contributed by atoms with van der Waals surface area (Å²) in [7, 11) is 0. The second-order valence-corrected chi connectivity index (χ2v) is 7.71. The fraction of sp³-hybridized carbons (Fsp3) is 0.269. The topological polar surface area (TPSA) is 69.0 Å². The number of imidazole rings is 1. The SMILES string of the molecule is Cc1ccccc1OCCCn1c(CCCNC(=O)c2ccccn2)nc2ccccc21. The van der Waals surface area contributed by atoms with Crippen LogP contribution < -0.4 is 10.1 Å². The van der Waals surface area contributed by atoms with E-state index in [0.29, 0.717) is 18.8 Å². The molecule has 0 radical (unpaired) electrons. The number of ether oxygens (including phenoxy) is 1. The van der Waals surface area contributed by atoms with E-state index in [-0.39, 0.29) is 5.91 Å². The summed E-state index contributed by atoms with van der Waals surface area (Å²) < 4.78 is 8.24. The van der Waals surface area contributed by atoms with Crippen LogP contribution in [0.5, 0.6) is 5.75 Å². The van der Waals surface area contributed by atoms with Gasteiger partial charge in [-0.15, -0.1) is 0 Å². The molecule has 164 valence electrons. The number of hydrogen-bond acceptors (Lipinski definition) is 4. The van der Waals surface area contributed by atoms with Gasteiger partial charge < -0.3 is 14.6 Å². The van der Waals surface area contributed by atoms with Gasteiger partial charge in [0.15, 0.2) is 0 Å². The summed E-state index contributed by atoms with van der Waals surface area (Å²) in [5, 5.41) is 2.94. The average Bonchev–Trinajstić information content (AvgIpc) is 3.18. The van der Waals surface area contributed by atoms with Gasteiger partial charge in [0.25, 0.3) is 5.91 Å². The molecule has 6 heteroatoms. The van der Waals surface area contributed by atoms with Gasteiger partial charge >= 0.3 is 0 Å². The molecule has 2 aromatic carbocycles. The molecule has 0 bridgehead atoms. The molecule has 0 saturated carbocycles. The quantitative estimate of drug-likeness (QED) is 0.376. The van der Waals surface area contributed by atoms with Crippen LogP contribution in [0, 0.1) is 6.92 Å². The number of amides is 1. The lowest BCUT2D eigenvalue weighted by Gasteiger charge is -2.12. The number of pyridine rings is 1. The maximum Gasteiger partial charge on any atom is 0.269 e. The van der Waals surface area contributed by atoms with Crippen LogP contribution in [0.2, 0.25) is 0 Å². The first kappa shape index (κ1) is 21.6. The molecule has 0 aliphatic carbocycles. The molecule has 2 aromatic heterocycles. The minimum Gasteiger partial charge on any atom is -0.493 e. The molecule has 1 amide bonds. The smallest absolute Gasteiger partial charge is 0.269 e. The van der Waals surface area contributed by atoms with E-state index in [1.807, 2.05) is 42.5 Å². The van der Waals surface area contributed by atoms with Gasteiger partial charge in [0.1, 0.15) is 17.3 Å². The molecular formula is C26H28N4O2. The van der Waals surface area contributed by atoms with Gasteiger partial charge in [0.2, 0.25) is 0 Å². The number of carbonyl (C=O) groups excluding carboxylic acids is 1. The van der Waals surface area contributed by atoms with E-state index < -0.39 is 0 Å². The van der Waals surface area contributed by atoms with Gasteiger partial charge in [-0.3, -0.25) is 9.78 Å². The van der Waals surface area contributed by atoms with Gasteiger partial charge in [-0.2, -0.15) is 0 Å². The lowest BCUT2D eigenvalue weighted by Crippen LogP contribution is -2.25. The first-order valence-electron chi connectivity index (χ1n) is 11.0. The fourth-order valence-electron chi connectivity index (χ4n) is 3.72. The van der Waals surface area contributed by atoms with Crippen LogP contribution in [-0.4, -0.2) is 33.6 Å². The summed E-state index contributed by atoms with van der Waals surface area (Å²) in [5.74, 6) is 1.83. The normalized spacial score (nSPS) is 10.9. The third-order valence-electron chi connectivity index (χ3n) is 5.37. The molecule has 1 N–H and O–H groups in total. The molecule has 6 nitrogen and oxygen atoms in total. The monoisotopic (exact) mass is 428 g/mol. The maximum atomic E-state index is 12.2. The molecule has 4 aromatic rings. The zero-order valence-electron chi connectivity index (χ0n) is 18.3. The van der Waals surface area contributed by atoms with Crippen molar-refractivity contribution in [2.24, 2.45) is 0 Å². The van der Waals surface area contributed by atoms with E-state index in [0.717, 1.165) is 54.0 Å². The predicted octanol–water partition coefficient (Wildman–Crippen LogP) is 4.57. The zero-order valence-corrected chi connectivity index (χ0v) is 18.3. The average molecular weight is 429 g/mol. The Morgan fingerprint density at radius 2 is 1.81 bits per heavy atom. The van der Waals surface area contributed by atoms with E-state index in [4.69, 9.17) is 9.72 Å². The fourth-order valence-corrected chi connectivity index (χ4v) is 3.72. The summed E-state index contributed by atoms with van der Waals surface area (Å²) in [6.45, 7) is 4.12. The van der Waals surface area contributed by atoms with E-state index in [9.17, 15) is 4.79 Å². The van der Waals surface area contributed by atoms with Crippen molar-refractivity contribution in [1.29, 1.82) is 0 Å². The van der Waals surface area contributed by atoms with E-state index in [1.54, 1.807) is 18.3 Å². The summed E-state index contributed by atoms with van der Waals surface area (Å²) in [6.07, 6.45) is 4.11. The third-order valence-corrected chi connectivity index (χ3v) is 5.37. The lowest BCUT2D eigenvalue weighted by atomic mass is 10.2. The van der Waals surface area contributed by atoms with Crippen molar-refractivity contribution < 1.29 is 9.53 Å². The highest BCUT2D eigenvalue weighted by Gasteiger charge is 2.11. The Balaban J connectivity index is 1.33. The van der Waals surface area contributed by atoms with Crippen LogP contribution in [0.25, 0.3) is 11.0 Å². The van der Waals surface area contributed by atoms with Crippen molar-refractivity contribution in [3.8, 4) is 5.75 Å². The number of carbonyl (C=O) groups is 1. The van der Waals surface area contributed by atoms with Crippen LogP contribution in [0.3, 0.4) is 0 Å². The summed E-state index contributed by atoms with van der Waals surface area (Å²) in [6, 6.07) is 21.6. The highest BCUT2D eigenvalue weighted by molar-refractivity contribution is 5.92. The van der Waals surface area contributed by atoms with Crippen LogP contribution in [0.1, 0.15) is 34.7 Å². The van der Waals surface area contributed by atoms with Crippen LogP contribution in [0.4, 0.5) is 0 Å². The second-order valence-electron chi connectivity index (χ2n) is 7.71. The standard InChI is InChI=1S/C26H28N4O2/c1-20-10-2-5-14-24(20)32-19-9-18-30-23-13-4-3-11-21(23)29-25(30)15-8-17-28-26(31)22-12-6-7-16-27-22/h2-7,10-14,16H,8-9,15,17-19H2,1H3,(H,28,31). The largest absolute Gasteiger partial charge is 0.493 e. The minimum atomic E-state index is -0.146. The lowest BCUT2D eigenvalue weighted by molar-refractivity contribution is 0.0948. The van der Waals surface area contributed by atoms with Gasteiger partial charge in [0, 0.05) is 25.7 Å². The Kier molecular flexibility index (Phi) is 7.12. The Bertz CT molecular complexity index is 1170. The number of aryl methyl sites for hydroxylation is 3. The Morgan fingerprint density at radius 1 is 1.00 bits per heavy atom. The second kappa shape index (κ2) is 10.6.